The van der Waals surface area contributed by atoms with Gasteiger partial charge in [0.15, 0.2) is 6.10 Å². The zero-order valence-corrected chi connectivity index (χ0v) is 13.2. The van der Waals surface area contributed by atoms with E-state index >= 15 is 0 Å². The van der Waals surface area contributed by atoms with Crippen LogP contribution in [0.4, 0.5) is 5.69 Å². The van der Waals surface area contributed by atoms with Gasteiger partial charge in [0.05, 0.1) is 16.2 Å². The fourth-order valence-corrected chi connectivity index (χ4v) is 2.40. The molecule has 1 unspecified atom stereocenters. The molecular formula is C18H15ClN2O2. The molecule has 116 valence electrons. The Balaban J connectivity index is 1.77. The minimum Gasteiger partial charge on any atom is -0.479 e. The van der Waals surface area contributed by atoms with Crippen LogP contribution in [0.25, 0.3) is 10.9 Å². The van der Waals surface area contributed by atoms with E-state index in [1.54, 1.807) is 31.3 Å². The molecule has 0 fully saturated rings. The Morgan fingerprint density at radius 1 is 1.13 bits per heavy atom. The van der Waals surface area contributed by atoms with Gasteiger partial charge in [-0.2, -0.15) is 0 Å². The fraction of sp³-hybridized carbons (Fsp3) is 0.111. The predicted molar refractivity (Wildman–Crippen MR) is 91.9 cm³/mol. The molecule has 1 heterocycles. The van der Waals surface area contributed by atoms with Crippen LogP contribution >= 0.6 is 11.6 Å². The first-order chi connectivity index (χ1) is 11.1. The van der Waals surface area contributed by atoms with Crippen molar-refractivity contribution in [3.8, 4) is 5.75 Å². The molecule has 0 aliphatic carbocycles. The lowest BCUT2D eigenvalue weighted by Crippen LogP contribution is -2.30. The van der Waals surface area contributed by atoms with Crippen LogP contribution in [0.5, 0.6) is 5.75 Å². The lowest BCUT2D eigenvalue weighted by atomic mass is 10.2. The quantitative estimate of drug-likeness (QED) is 0.778. The fourth-order valence-electron chi connectivity index (χ4n) is 2.22. The third-order valence-electron chi connectivity index (χ3n) is 3.40. The maximum atomic E-state index is 12.4. The Labute approximate surface area is 139 Å². The summed E-state index contributed by atoms with van der Waals surface area (Å²) in [5.41, 5.74) is 1.40. The van der Waals surface area contributed by atoms with Crippen molar-refractivity contribution >= 4 is 34.1 Å². The lowest BCUT2D eigenvalue weighted by molar-refractivity contribution is -0.122. The number of nitrogens with one attached hydrogen (secondary N) is 1. The van der Waals surface area contributed by atoms with Gasteiger partial charge in [0, 0.05) is 11.6 Å². The van der Waals surface area contributed by atoms with E-state index in [4.69, 9.17) is 16.3 Å². The van der Waals surface area contributed by atoms with Gasteiger partial charge in [-0.25, -0.2) is 0 Å². The second-order valence-electron chi connectivity index (χ2n) is 5.06. The Morgan fingerprint density at radius 2 is 1.91 bits per heavy atom. The van der Waals surface area contributed by atoms with Crippen LogP contribution in [0.3, 0.4) is 0 Å². The number of fused-ring (bicyclic) bond motifs is 1. The van der Waals surface area contributed by atoms with E-state index in [1.165, 1.54) is 0 Å². The number of halogens is 1. The van der Waals surface area contributed by atoms with E-state index in [1.807, 2.05) is 36.4 Å². The van der Waals surface area contributed by atoms with E-state index in [9.17, 15) is 4.79 Å². The van der Waals surface area contributed by atoms with Gasteiger partial charge >= 0.3 is 0 Å². The van der Waals surface area contributed by atoms with E-state index < -0.39 is 6.10 Å². The van der Waals surface area contributed by atoms with Gasteiger partial charge in [-0.1, -0.05) is 41.9 Å². The van der Waals surface area contributed by atoms with Crippen molar-refractivity contribution in [2.75, 3.05) is 5.32 Å². The van der Waals surface area contributed by atoms with E-state index in [-0.39, 0.29) is 5.91 Å². The van der Waals surface area contributed by atoms with Crippen LogP contribution in [0, 0.1) is 0 Å². The summed E-state index contributed by atoms with van der Waals surface area (Å²) in [6.45, 7) is 1.68. The minimum absolute atomic E-state index is 0.261. The standard InChI is InChI=1S/C18H15ClN2O2/c1-12(23-16-10-3-2-8-14(16)19)18(22)21-15-9-4-6-13-7-5-11-20-17(13)15/h2-12H,1H3,(H,21,22). The first-order valence-electron chi connectivity index (χ1n) is 7.21. The SMILES string of the molecule is CC(Oc1ccccc1Cl)C(=O)Nc1cccc2cccnc12. The summed E-state index contributed by atoms with van der Waals surface area (Å²) < 4.78 is 5.63. The van der Waals surface area contributed by atoms with Crippen molar-refractivity contribution in [2.24, 2.45) is 0 Å². The smallest absolute Gasteiger partial charge is 0.265 e. The van der Waals surface area contributed by atoms with Gasteiger partial charge < -0.3 is 10.1 Å². The maximum Gasteiger partial charge on any atom is 0.265 e. The minimum atomic E-state index is -0.686. The number of amides is 1. The molecule has 0 aliphatic heterocycles. The Kier molecular flexibility index (Phi) is 4.44. The summed E-state index contributed by atoms with van der Waals surface area (Å²) in [6, 6.07) is 16.5. The molecule has 23 heavy (non-hydrogen) atoms. The predicted octanol–water partition coefficient (Wildman–Crippen LogP) is 4.29. The Hall–Kier alpha value is -2.59. The van der Waals surface area contributed by atoms with Crippen LogP contribution in [0.2, 0.25) is 5.02 Å². The van der Waals surface area contributed by atoms with Gasteiger partial charge in [0.25, 0.3) is 5.91 Å². The molecule has 1 N–H and O–H groups in total. The molecular weight excluding hydrogens is 312 g/mol. The number of nitrogens with zero attached hydrogens (tertiary/aromatic N) is 1. The summed E-state index contributed by atoms with van der Waals surface area (Å²) >= 11 is 6.04. The number of anilines is 1. The molecule has 5 heteroatoms. The highest BCUT2D eigenvalue weighted by Gasteiger charge is 2.17. The first kappa shape index (κ1) is 15.3. The molecule has 0 spiro atoms. The molecule has 0 radical (unpaired) electrons. The van der Waals surface area contributed by atoms with Crippen LogP contribution in [-0.4, -0.2) is 17.0 Å². The van der Waals surface area contributed by atoms with Crippen LogP contribution in [0.15, 0.2) is 60.8 Å². The number of para-hydroxylation sites is 2. The van der Waals surface area contributed by atoms with Crippen LogP contribution < -0.4 is 10.1 Å². The molecule has 0 aliphatic rings. The molecule has 3 rings (SSSR count). The van der Waals surface area contributed by atoms with Gasteiger partial charge in [0.2, 0.25) is 0 Å². The van der Waals surface area contributed by atoms with Crippen LogP contribution in [0.1, 0.15) is 6.92 Å². The highest BCUT2D eigenvalue weighted by molar-refractivity contribution is 6.32. The van der Waals surface area contributed by atoms with Gasteiger partial charge in [0.1, 0.15) is 5.75 Å². The molecule has 2 aromatic carbocycles. The number of pyridine rings is 1. The molecule has 1 aromatic heterocycles. The second kappa shape index (κ2) is 6.67. The van der Waals surface area contributed by atoms with Crippen molar-refractivity contribution in [2.45, 2.75) is 13.0 Å². The average Bonchev–Trinajstić information content (AvgIpc) is 2.57. The van der Waals surface area contributed by atoms with E-state index in [2.05, 4.69) is 10.3 Å². The van der Waals surface area contributed by atoms with Gasteiger partial charge in [-0.3, -0.25) is 9.78 Å². The van der Waals surface area contributed by atoms with Crippen molar-refractivity contribution in [1.82, 2.24) is 4.98 Å². The largest absolute Gasteiger partial charge is 0.479 e. The second-order valence-corrected chi connectivity index (χ2v) is 5.47. The summed E-state index contributed by atoms with van der Waals surface area (Å²) in [4.78, 5) is 16.7. The Morgan fingerprint density at radius 3 is 2.74 bits per heavy atom. The number of ether oxygens (including phenoxy) is 1. The number of carbonyl (C=O) groups excluding carboxylic acids is 1. The number of hydrogen-bond donors (Lipinski definition) is 1. The van der Waals surface area contributed by atoms with Crippen molar-refractivity contribution in [3.63, 3.8) is 0 Å². The zero-order chi connectivity index (χ0) is 16.2. The maximum absolute atomic E-state index is 12.4. The number of hydrogen-bond acceptors (Lipinski definition) is 3. The first-order valence-corrected chi connectivity index (χ1v) is 7.59. The third-order valence-corrected chi connectivity index (χ3v) is 3.71. The van der Waals surface area contributed by atoms with Gasteiger partial charge in [-0.05, 0) is 31.2 Å². The monoisotopic (exact) mass is 326 g/mol. The van der Waals surface area contributed by atoms with Crippen molar-refractivity contribution in [1.29, 1.82) is 0 Å². The molecule has 1 atom stereocenters. The topological polar surface area (TPSA) is 51.2 Å². The molecule has 0 saturated heterocycles. The molecule has 4 nitrogen and oxygen atoms in total. The average molecular weight is 327 g/mol. The number of aromatic nitrogens is 1. The van der Waals surface area contributed by atoms with Crippen LogP contribution in [-0.2, 0) is 4.79 Å². The number of rotatable bonds is 4. The normalized spacial score (nSPS) is 11.9. The number of benzene rings is 2. The molecule has 3 aromatic rings. The van der Waals surface area contributed by atoms with Crippen molar-refractivity contribution < 1.29 is 9.53 Å². The molecule has 0 saturated carbocycles. The van der Waals surface area contributed by atoms with Crippen molar-refractivity contribution in [3.05, 3.63) is 65.8 Å². The number of carbonyl (C=O) groups is 1. The zero-order valence-electron chi connectivity index (χ0n) is 12.5. The van der Waals surface area contributed by atoms with E-state index in [0.29, 0.717) is 16.5 Å². The Bertz CT molecular complexity index is 846. The molecule has 1 amide bonds. The highest BCUT2D eigenvalue weighted by Crippen LogP contribution is 2.25. The summed E-state index contributed by atoms with van der Waals surface area (Å²) in [5, 5.41) is 4.29. The summed E-state index contributed by atoms with van der Waals surface area (Å²) in [5.74, 6) is 0.218. The summed E-state index contributed by atoms with van der Waals surface area (Å²) in [7, 11) is 0. The third kappa shape index (κ3) is 3.43. The summed E-state index contributed by atoms with van der Waals surface area (Å²) in [6.07, 6.45) is 1.01. The highest BCUT2D eigenvalue weighted by atomic mass is 35.5. The van der Waals surface area contributed by atoms with Gasteiger partial charge in [-0.15, -0.1) is 0 Å². The van der Waals surface area contributed by atoms with E-state index in [0.717, 1.165) is 10.9 Å². The molecule has 0 bridgehead atoms. The lowest BCUT2D eigenvalue weighted by Gasteiger charge is -2.16.